The molecule has 0 bridgehead atoms. The summed E-state index contributed by atoms with van der Waals surface area (Å²) in [6, 6.07) is 0. The van der Waals surface area contributed by atoms with Gasteiger partial charge in [-0.05, 0) is 44.4 Å². The van der Waals surface area contributed by atoms with Gasteiger partial charge in [0.25, 0.3) is 0 Å². The second-order valence-corrected chi connectivity index (χ2v) is 6.10. The molecule has 0 heterocycles. The van der Waals surface area contributed by atoms with Gasteiger partial charge >= 0.3 is 5.97 Å². The number of amides is 1. The summed E-state index contributed by atoms with van der Waals surface area (Å²) in [6.45, 7) is 0.717. The van der Waals surface area contributed by atoms with Crippen molar-refractivity contribution in [1.29, 1.82) is 0 Å². The van der Waals surface area contributed by atoms with Crippen LogP contribution in [0.1, 0.15) is 38.5 Å². The number of carboxylic acid groups (broad SMARTS) is 1. The Morgan fingerprint density at radius 3 is 2.11 bits per heavy atom. The predicted octanol–water partition coefficient (Wildman–Crippen LogP) is 1.11. The molecule has 108 valence electrons. The highest BCUT2D eigenvalue weighted by Gasteiger charge is 2.33. The summed E-state index contributed by atoms with van der Waals surface area (Å²) in [5.74, 6) is -0.436. The molecule has 0 aromatic heterocycles. The largest absolute Gasteiger partial charge is 0.481 e. The van der Waals surface area contributed by atoms with E-state index in [4.69, 9.17) is 5.11 Å². The monoisotopic (exact) mass is 269 g/mol. The third kappa shape index (κ3) is 3.47. The van der Waals surface area contributed by atoms with Crippen LogP contribution in [-0.2, 0) is 9.59 Å². The molecular weight excluding hydrogens is 246 g/mol. The van der Waals surface area contributed by atoms with Crippen molar-refractivity contribution in [3.63, 3.8) is 0 Å². The summed E-state index contributed by atoms with van der Waals surface area (Å²) in [7, 11) is 1.82. The zero-order chi connectivity index (χ0) is 14.0. The predicted molar refractivity (Wildman–Crippen MR) is 69.5 cm³/mol. The number of hydrogen-bond donors (Lipinski definition) is 2. The number of rotatable bonds is 4. The van der Waals surface area contributed by atoms with E-state index in [2.05, 4.69) is 0 Å². The van der Waals surface area contributed by atoms with Gasteiger partial charge in [0.2, 0.25) is 5.91 Å². The quantitative estimate of drug-likeness (QED) is 0.801. The molecule has 2 fully saturated rings. The van der Waals surface area contributed by atoms with E-state index in [1.807, 2.05) is 7.05 Å². The van der Waals surface area contributed by atoms with Crippen LogP contribution in [0.5, 0.6) is 0 Å². The molecule has 0 aliphatic heterocycles. The number of aliphatic hydroxyl groups excluding tert-OH is 1. The maximum Gasteiger partial charge on any atom is 0.306 e. The molecule has 1 amide bonds. The maximum atomic E-state index is 12.2. The van der Waals surface area contributed by atoms with Crippen LogP contribution in [0.25, 0.3) is 0 Å². The zero-order valence-corrected chi connectivity index (χ0v) is 11.4. The Morgan fingerprint density at radius 1 is 1.11 bits per heavy atom. The summed E-state index contributed by atoms with van der Waals surface area (Å²) in [6.07, 6.45) is 4.01. The van der Waals surface area contributed by atoms with Crippen LogP contribution in [0.2, 0.25) is 0 Å². The fraction of sp³-hybridized carbons (Fsp3) is 0.857. The molecule has 0 spiro atoms. The lowest BCUT2D eigenvalue weighted by Gasteiger charge is -2.36. The lowest BCUT2D eigenvalue weighted by atomic mass is 9.80. The minimum Gasteiger partial charge on any atom is -0.481 e. The van der Waals surface area contributed by atoms with E-state index in [9.17, 15) is 14.7 Å². The molecule has 0 unspecified atom stereocenters. The van der Waals surface area contributed by atoms with Gasteiger partial charge < -0.3 is 15.1 Å². The van der Waals surface area contributed by atoms with E-state index in [0.717, 1.165) is 19.4 Å². The fourth-order valence-electron chi connectivity index (χ4n) is 3.23. The zero-order valence-electron chi connectivity index (χ0n) is 11.4. The van der Waals surface area contributed by atoms with Crippen molar-refractivity contribution >= 4 is 11.9 Å². The Kier molecular flexibility index (Phi) is 4.45. The van der Waals surface area contributed by atoms with Gasteiger partial charge in [-0.1, -0.05) is 0 Å². The van der Waals surface area contributed by atoms with E-state index in [0.29, 0.717) is 31.6 Å². The second kappa shape index (κ2) is 5.90. The molecule has 0 atom stereocenters. The Labute approximate surface area is 113 Å². The molecule has 5 nitrogen and oxygen atoms in total. The van der Waals surface area contributed by atoms with Crippen molar-refractivity contribution in [3.05, 3.63) is 0 Å². The SMILES string of the molecule is CN(CC1CC(O)C1)C(=O)C1CCC(C(=O)O)CC1. The number of carbonyl (C=O) groups is 2. The van der Waals surface area contributed by atoms with Crippen LogP contribution in [-0.4, -0.2) is 46.7 Å². The van der Waals surface area contributed by atoms with Gasteiger partial charge in [0.15, 0.2) is 0 Å². The summed E-state index contributed by atoms with van der Waals surface area (Å²) >= 11 is 0. The molecule has 2 rings (SSSR count). The van der Waals surface area contributed by atoms with Crippen LogP contribution in [0.15, 0.2) is 0 Å². The molecule has 0 saturated heterocycles. The van der Waals surface area contributed by atoms with E-state index < -0.39 is 5.97 Å². The van der Waals surface area contributed by atoms with Gasteiger partial charge in [-0.15, -0.1) is 0 Å². The highest BCUT2D eigenvalue weighted by Crippen LogP contribution is 2.32. The van der Waals surface area contributed by atoms with Gasteiger partial charge in [-0.25, -0.2) is 0 Å². The third-order valence-corrected chi connectivity index (χ3v) is 4.54. The first-order valence-corrected chi connectivity index (χ1v) is 7.13. The minimum absolute atomic E-state index is 0.00870. The van der Waals surface area contributed by atoms with Crippen molar-refractivity contribution in [2.45, 2.75) is 44.6 Å². The molecule has 0 aromatic rings. The molecule has 2 saturated carbocycles. The number of aliphatic hydroxyl groups is 1. The van der Waals surface area contributed by atoms with Gasteiger partial charge in [0.1, 0.15) is 0 Å². The summed E-state index contributed by atoms with van der Waals surface area (Å²) in [5, 5.41) is 18.2. The first-order chi connectivity index (χ1) is 8.97. The van der Waals surface area contributed by atoms with Gasteiger partial charge in [0, 0.05) is 19.5 Å². The van der Waals surface area contributed by atoms with Crippen LogP contribution in [0.3, 0.4) is 0 Å². The van der Waals surface area contributed by atoms with Crippen molar-refractivity contribution in [2.75, 3.05) is 13.6 Å². The lowest BCUT2D eigenvalue weighted by molar-refractivity contribution is -0.145. The molecule has 2 aliphatic carbocycles. The number of nitrogens with zero attached hydrogens (tertiary/aromatic N) is 1. The molecule has 5 heteroatoms. The van der Waals surface area contributed by atoms with Crippen LogP contribution < -0.4 is 0 Å². The molecule has 2 aliphatic rings. The lowest BCUT2D eigenvalue weighted by Crippen LogP contribution is -2.42. The van der Waals surface area contributed by atoms with Crippen molar-refractivity contribution in [3.8, 4) is 0 Å². The van der Waals surface area contributed by atoms with Crippen LogP contribution in [0.4, 0.5) is 0 Å². The molecule has 2 N–H and O–H groups in total. The fourth-order valence-corrected chi connectivity index (χ4v) is 3.23. The number of aliphatic carboxylic acids is 1. The Balaban J connectivity index is 1.75. The second-order valence-electron chi connectivity index (χ2n) is 6.10. The highest BCUT2D eigenvalue weighted by atomic mass is 16.4. The third-order valence-electron chi connectivity index (χ3n) is 4.54. The van der Waals surface area contributed by atoms with Gasteiger partial charge in [-0.3, -0.25) is 9.59 Å². The Bertz CT molecular complexity index is 343. The average molecular weight is 269 g/mol. The van der Waals surface area contributed by atoms with E-state index in [-0.39, 0.29) is 23.8 Å². The Morgan fingerprint density at radius 2 is 1.63 bits per heavy atom. The standard InChI is InChI=1S/C14H23NO4/c1-15(8-9-6-12(16)7-9)13(17)10-2-4-11(5-3-10)14(18)19/h9-12,16H,2-8H2,1H3,(H,18,19). The normalized spacial score (nSPS) is 34.4. The van der Waals surface area contributed by atoms with E-state index in [1.54, 1.807) is 4.90 Å². The smallest absolute Gasteiger partial charge is 0.306 e. The number of hydrogen-bond acceptors (Lipinski definition) is 3. The van der Waals surface area contributed by atoms with Crippen molar-refractivity contribution in [2.24, 2.45) is 17.8 Å². The molecule has 0 radical (unpaired) electrons. The summed E-state index contributed by atoms with van der Waals surface area (Å²) in [5.41, 5.74) is 0. The first-order valence-electron chi connectivity index (χ1n) is 7.13. The first kappa shape index (κ1) is 14.3. The summed E-state index contributed by atoms with van der Waals surface area (Å²) in [4.78, 5) is 24.9. The summed E-state index contributed by atoms with van der Waals surface area (Å²) < 4.78 is 0. The van der Waals surface area contributed by atoms with Crippen LogP contribution in [0, 0.1) is 17.8 Å². The minimum atomic E-state index is -0.734. The highest BCUT2D eigenvalue weighted by molar-refractivity contribution is 5.79. The number of carboxylic acids is 1. The van der Waals surface area contributed by atoms with Crippen LogP contribution >= 0.6 is 0 Å². The number of carbonyl (C=O) groups excluding carboxylic acids is 1. The molecular formula is C14H23NO4. The van der Waals surface area contributed by atoms with E-state index >= 15 is 0 Å². The molecule has 19 heavy (non-hydrogen) atoms. The van der Waals surface area contributed by atoms with Gasteiger partial charge in [0.05, 0.1) is 12.0 Å². The van der Waals surface area contributed by atoms with Crippen molar-refractivity contribution < 1.29 is 19.8 Å². The topological polar surface area (TPSA) is 77.8 Å². The average Bonchev–Trinajstić information content (AvgIpc) is 2.36. The van der Waals surface area contributed by atoms with Gasteiger partial charge in [-0.2, -0.15) is 0 Å². The molecule has 0 aromatic carbocycles. The Hall–Kier alpha value is -1.10. The van der Waals surface area contributed by atoms with E-state index in [1.165, 1.54) is 0 Å². The maximum absolute atomic E-state index is 12.2. The van der Waals surface area contributed by atoms with Crippen molar-refractivity contribution in [1.82, 2.24) is 4.90 Å².